The van der Waals surface area contributed by atoms with Crippen molar-refractivity contribution in [2.45, 2.75) is 58.3 Å². The number of aromatic nitrogens is 2. The van der Waals surface area contributed by atoms with Crippen molar-refractivity contribution in [3.05, 3.63) is 25.4 Å². The largest absolute Gasteiger partial charge is 0.309 e. The van der Waals surface area contributed by atoms with Crippen LogP contribution in [0.4, 0.5) is 0 Å². The number of nitrogens with one attached hydrogen (secondary N) is 1. The summed E-state index contributed by atoms with van der Waals surface area (Å²) in [4.78, 5) is 19.6. The highest BCUT2D eigenvalue weighted by atomic mass is 127. The third-order valence-electron chi connectivity index (χ3n) is 3.84. The van der Waals surface area contributed by atoms with Gasteiger partial charge in [0.05, 0.1) is 9.26 Å². The van der Waals surface area contributed by atoms with Gasteiger partial charge in [0.1, 0.15) is 5.82 Å². The summed E-state index contributed by atoms with van der Waals surface area (Å²) in [6.45, 7) is 4.43. The van der Waals surface area contributed by atoms with Crippen LogP contribution >= 0.6 is 22.6 Å². The van der Waals surface area contributed by atoms with Crippen LogP contribution in [-0.2, 0) is 6.42 Å². The first-order chi connectivity index (χ1) is 8.61. The minimum absolute atomic E-state index is 0.0441. The van der Waals surface area contributed by atoms with Gasteiger partial charge in [-0.15, -0.1) is 0 Å². The molecule has 1 aromatic rings. The van der Waals surface area contributed by atoms with Gasteiger partial charge in [-0.1, -0.05) is 33.1 Å². The molecule has 0 amide bonds. The molecular formula is C14H21IN2O. The fraction of sp³-hybridized carbons (Fsp3) is 0.714. The molecule has 1 heterocycles. The van der Waals surface area contributed by atoms with Crippen LogP contribution in [0.3, 0.4) is 0 Å². The zero-order valence-corrected chi connectivity index (χ0v) is 13.3. The lowest BCUT2D eigenvalue weighted by Gasteiger charge is -2.25. The molecule has 0 aromatic carbocycles. The van der Waals surface area contributed by atoms with Crippen molar-refractivity contribution in [1.82, 2.24) is 9.97 Å². The van der Waals surface area contributed by atoms with Crippen molar-refractivity contribution >= 4 is 22.6 Å². The van der Waals surface area contributed by atoms with E-state index >= 15 is 0 Å². The maximum Gasteiger partial charge on any atom is 0.264 e. The van der Waals surface area contributed by atoms with Gasteiger partial charge in [-0.3, -0.25) is 4.79 Å². The summed E-state index contributed by atoms with van der Waals surface area (Å²) in [5, 5.41) is 0. The van der Waals surface area contributed by atoms with Gasteiger partial charge in [0, 0.05) is 5.92 Å². The molecule has 4 heteroatoms. The average molecular weight is 360 g/mol. The van der Waals surface area contributed by atoms with Gasteiger partial charge in [0.15, 0.2) is 0 Å². The van der Waals surface area contributed by atoms with E-state index < -0.39 is 0 Å². The van der Waals surface area contributed by atoms with E-state index in [0.29, 0.717) is 5.92 Å². The van der Waals surface area contributed by atoms with Crippen LogP contribution in [0, 0.1) is 9.49 Å². The highest BCUT2D eigenvalue weighted by molar-refractivity contribution is 14.1. The molecule has 0 atom stereocenters. The van der Waals surface area contributed by atoms with Gasteiger partial charge < -0.3 is 4.98 Å². The average Bonchev–Trinajstić information content (AvgIpc) is 2.36. The lowest BCUT2D eigenvalue weighted by atomic mass is 9.82. The zero-order chi connectivity index (χ0) is 13.1. The Bertz CT molecular complexity index is 461. The van der Waals surface area contributed by atoms with Crippen LogP contribution < -0.4 is 5.56 Å². The molecule has 1 aromatic heterocycles. The molecule has 1 aliphatic rings. The number of nitrogens with zero attached hydrogens (tertiary/aromatic N) is 1. The Morgan fingerprint density at radius 2 is 2.00 bits per heavy atom. The molecule has 0 radical (unpaired) electrons. The van der Waals surface area contributed by atoms with Crippen LogP contribution in [0.1, 0.15) is 63.4 Å². The van der Waals surface area contributed by atoms with E-state index in [9.17, 15) is 4.79 Å². The molecule has 3 nitrogen and oxygen atoms in total. The van der Waals surface area contributed by atoms with E-state index in [4.69, 9.17) is 4.98 Å². The Hall–Kier alpha value is -0.390. The topological polar surface area (TPSA) is 45.8 Å². The third kappa shape index (κ3) is 3.13. The summed E-state index contributed by atoms with van der Waals surface area (Å²) < 4.78 is 0.766. The quantitative estimate of drug-likeness (QED) is 0.837. The van der Waals surface area contributed by atoms with Crippen molar-refractivity contribution in [2.75, 3.05) is 0 Å². The second-order valence-electron chi connectivity index (χ2n) is 5.42. The lowest BCUT2D eigenvalue weighted by molar-refractivity contribution is 0.338. The van der Waals surface area contributed by atoms with Gasteiger partial charge in [0.2, 0.25) is 0 Å². The number of halogens is 1. The minimum Gasteiger partial charge on any atom is -0.309 e. The Morgan fingerprint density at radius 3 is 2.61 bits per heavy atom. The molecule has 0 bridgehead atoms. The number of hydrogen-bond acceptors (Lipinski definition) is 2. The number of hydrogen-bond donors (Lipinski definition) is 1. The van der Waals surface area contributed by atoms with E-state index in [2.05, 4.69) is 41.4 Å². The Morgan fingerprint density at radius 1 is 1.33 bits per heavy atom. The van der Waals surface area contributed by atoms with Crippen LogP contribution in [0.25, 0.3) is 0 Å². The van der Waals surface area contributed by atoms with Crippen molar-refractivity contribution in [3.8, 4) is 0 Å². The van der Waals surface area contributed by atoms with Crippen LogP contribution in [0.15, 0.2) is 4.79 Å². The van der Waals surface area contributed by atoms with Crippen molar-refractivity contribution in [3.63, 3.8) is 0 Å². The summed E-state index contributed by atoms with van der Waals surface area (Å²) in [7, 11) is 0. The van der Waals surface area contributed by atoms with Crippen molar-refractivity contribution in [2.24, 2.45) is 5.92 Å². The van der Waals surface area contributed by atoms with Gasteiger partial charge in [0.25, 0.3) is 5.56 Å². The van der Waals surface area contributed by atoms with E-state index in [0.717, 1.165) is 46.7 Å². The smallest absolute Gasteiger partial charge is 0.264 e. The van der Waals surface area contributed by atoms with E-state index in [1.807, 2.05) is 0 Å². The fourth-order valence-electron chi connectivity index (χ4n) is 2.65. The third-order valence-corrected chi connectivity index (χ3v) is 4.95. The second-order valence-corrected chi connectivity index (χ2v) is 6.50. The molecule has 0 spiro atoms. The molecular weight excluding hydrogens is 339 g/mol. The van der Waals surface area contributed by atoms with Crippen LogP contribution in [0.2, 0.25) is 0 Å². The number of rotatable bonds is 3. The number of aromatic amines is 1. The molecule has 0 saturated heterocycles. The summed E-state index contributed by atoms with van der Waals surface area (Å²) in [5.41, 5.74) is 1.03. The van der Waals surface area contributed by atoms with Gasteiger partial charge in [-0.25, -0.2) is 4.98 Å². The van der Waals surface area contributed by atoms with E-state index in [1.54, 1.807) is 0 Å². The molecule has 1 fully saturated rings. The number of H-pyrrole nitrogens is 1. The molecule has 0 unspecified atom stereocenters. The van der Waals surface area contributed by atoms with Crippen molar-refractivity contribution < 1.29 is 0 Å². The summed E-state index contributed by atoms with van der Waals surface area (Å²) in [6.07, 6.45) is 6.77. The van der Waals surface area contributed by atoms with E-state index in [-0.39, 0.29) is 5.56 Å². The maximum absolute atomic E-state index is 11.9. The van der Waals surface area contributed by atoms with Crippen LogP contribution in [0.5, 0.6) is 0 Å². The summed E-state index contributed by atoms with van der Waals surface area (Å²) in [5.74, 6) is 2.21. The van der Waals surface area contributed by atoms with Crippen molar-refractivity contribution in [1.29, 1.82) is 0 Å². The predicted octanol–water partition coefficient (Wildman–Crippen LogP) is 3.62. The zero-order valence-electron chi connectivity index (χ0n) is 11.1. The second kappa shape index (κ2) is 6.17. The lowest BCUT2D eigenvalue weighted by Crippen LogP contribution is -2.22. The maximum atomic E-state index is 11.9. The van der Waals surface area contributed by atoms with Gasteiger partial charge >= 0.3 is 0 Å². The molecule has 100 valence electrons. The Labute approximate surface area is 122 Å². The normalized spacial score (nSPS) is 24.2. The Balaban J connectivity index is 2.25. The van der Waals surface area contributed by atoms with Gasteiger partial charge in [-0.05, 0) is 47.8 Å². The summed E-state index contributed by atoms with van der Waals surface area (Å²) >= 11 is 2.11. The molecule has 1 saturated carbocycles. The first-order valence-corrected chi connectivity index (χ1v) is 7.98. The Kier molecular flexibility index (Phi) is 4.81. The molecule has 2 rings (SSSR count). The first kappa shape index (κ1) is 14.0. The predicted molar refractivity (Wildman–Crippen MR) is 81.9 cm³/mol. The monoisotopic (exact) mass is 360 g/mol. The minimum atomic E-state index is 0.0441. The fourth-order valence-corrected chi connectivity index (χ4v) is 3.18. The summed E-state index contributed by atoms with van der Waals surface area (Å²) in [6, 6.07) is 0. The molecule has 1 aliphatic carbocycles. The molecule has 1 N–H and O–H groups in total. The van der Waals surface area contributed by atoms with Crippen LogP contribution in [-0.4, -0.2) is 9.97 Å². The highest BCUT2D eigenvalue weighted by Gasteiger charge is 2.22. The standard InChI is InChI=1S/C14H21IN2O/c1-3-4-11-12(15)14(18)17-13(16-11)10-7-5-9(2)6-8-10/h9-10H,3-8H2,1-2H3,(H,16,17,18). The SMILES string of the molecule is CCCc1nc(C2CCC(C)CC2)[nH]c(=O)c1I. The van der Waals surface area contributed by atoms with E-state index in [1.165, 1.54) is 12.8 Å². The highest BCUT2D eigenvalue weighted by Crippen LogP contribution is 2.33. The molecule has 0 aliphatic heterocycles. The first-order valence-electron chi connectivity index (χ1n) is 6.90. The molecule has 18 heavy (non-hydrogen) atoms. The number of aryl methyl sites for hydroxylation is 1. The van der Waals surface area contributed by atoms with Gasteiger partial charge in [-0.2, -0.15) is 0 Å².